The SMILES string of the molecule is Cc1ccsc1C(c1cccc(Br)c1)N1CCCNCC1. The summed E-state index contributed by atoms with van der Waals surface area (Å²) in [7, 11) is 0. The Morgan fingerprint density at radius 2 is 2.14 bits per heavy atom. The monoisotopic (exact) mass is 364 g/mol. The largest absolute Gasteiger partial charge is 0.315 e. The van der Waals surface area contributed by atoms with Gasteiger partial charge in [0.2, 0.25) is 0 Å². The van der Waals surface area contributed by atoms with Gasteiger partial charge in [0.25, 0.3) is 0 Å². The predicted molar refractivity (Wildman–Crippen MR) is 94.1 cm³/mol. The van der Waals surface area contributed by atoms with Crippen LogP contribution in [0.5, 0.6) is 0 Å². The average molecular weight is 365 g/mol. The zero-order valence-corrected chi connectivity index (χ0v) is 14.7. The number of benzene rings is 1. The number of hydrogen-bond acceptors (Lipinski definition) is 3. The number of rotatable bonds is 3. The second kappa shape index (κ2) is 7.05. The Bertz CT molecular complexity index is 588. The van der Waals surface area contributed by atoms with Crippen molar-refractivity contribution in [2.45, 2.75) is 19.4 Å². The minimum atomic E-state index is 0.377. The Kier molecular flexibility index (Phi) is 5.11. The molecule has 0 aliphatic carbocycles. The maximum absolute atomic E-state index is 3.62. The van der Waals surface area contributed by atoms with Crippen molar-refractivity contribution < 1.29 is 0 Å². The smallest absolute Gasteiger partial charge is 0.0699 e. The van der Waals surface area contributed by atoms with E-state index in [2.05, 4.69) is 68.8 Å². The van der Waals surface area contributed by atoms with E-state index in [0.717, 1.165) is 30.7 Å². The summed E-state index contributed by atoms with van der Waals surface area (Å²) in [5, 5.41) is 5.72. The van der Waals surface area contributed by atoms with Gasteiger partial charge in [-0.15, -0.1) is 11.3 Å². The van der Waals surface area contributed by atoms with E-state index in [1.54, 1.807) is 0 Å². The van der Waals surface area contributed by atoms with Gasteiger partial charge in [0, 0.05) is 29.0 Å². The van der Waals surface area contributed by atoms with Crippen molar-refractivity contribution in [1.82, 2.24) is 10.2 Å². The van der Waals surface area contributed by atoms with Crippen molar-refractivity contribution in [3.63, 3.8) is 0 Å². The molecule has 0 spiro atoms. The average Bonchev–Trinajstić information content (AvgIpc) is 2.74. The summed E-state index contributed by atoms with van der Waals surface area (Å²) in [6.07, 6.45) is 1.22. The minimum Gasteiger partial charge on any atom is -0.315 e. The van der Waals surface area contributed by atoms with Crippen LogP contribution in [0.25, 0.3) is 0 Å². The molecule has 1 N–H and O–H groups in total. The Hall–Kier alpha value is -0.680. The molecule has 0 amide bonds. The zero-order chi connectivity index (χ0) is 14.7. The van der Waals surface area contributed by atoms with Crippen LogP contribution in [0.15, 0.2) is 40.2 Å². The molecule has 4 heteroatoms. The molecule has 1 saturated heterocycles. The second-order valence-electron chi connectivity index (χ2n) is 5.56. The van der Waals surface area contributed by atoms with E-state index in [1.807, 2.05) is 11.3 Å². The van der Waals surface area contributed by atoms with Gasteiger partial charge in [0.1, 0.15) is 0 Å². The van der Waals surface area contributed by atoms with Crippen molar-refractivity contribution in [3.8, 4) is 0 Å². The molecule has 21 heavy (non-hydrogen) atoms. The third-order valence-electron chi connectivity index (χ3n) is 4.05. The Morgan fingerprint density at radius 3 is 2.90 bits per heavy atom. The van der Waals surface area contributed by atoms with Gasteiger partial charge in [-0.05, 0) is 54.6 Å². The molecular formula is C17H21BrN2S. The summed E-state index contributed by atoms with van der Waals surface area (Å²) >= 11 is 5.51. The first-order chi connectivity index (χ1) is 10.3. The van der Waals surface area contributed by atoms with E-state index in [-0.39, 0.29) is 0 Å². The normalized spacial score (nSPS) is 18.4. The number of aryl methyl sites for hydroxylation is 1. The molecule has 1 aromatic heterocycles. The van der Waals surface area contributed by atoms with E-state index in [0.29, 0.717) is 6.04 Å². The van der Waals surface area contributed by atoms with Gasteiger partial charge in [-0.3, -0.25) is 4.90 Å². The highest BCUT2D eigenvalue weighted by Gasteiger charge is 2.25. The van der Waals surface area contributed by atoms with Crippen molar-refractivity contribution in [1.29, 1.82) is 0 Å². The van der Waals surface area contributed by atoms with E-state index in [1.165, 1.54) is 22.4 Å². The first-order valence-corrected chi connectivity index (χ1v) is 9.17. The minimum absolute atomic E-state index is 0.377. The van der Waals surface area contributed by atoms with E-state index in [4.69, 9.17) is 0 Å². The molecular weight excluding hydrogens is 344 g/mol. The lowest BCUT2D eigenvalue weighted by molar-refractivity contribution is 0.243. The molecule has 1 aliphatic heterocycles. The fraction of sp³-hybridized carbons (Fsp3) is 0.412. The highest BCUT2D eigenvalue weighted by molar-refractivity contribution is 9.10. The van der Waals surface area contributed by atoms with Crippen LogP contribution in [0.2, 0.25) is 0 Å². The van der Waals surface area contributed by atoms with Gasteiger partial charge in [-0.1, -0.05) is 28.1 Å². The highest BCUT2D eigenvalue weighted by atomic mass is 79.9. The number of nitrogens with zero attached hydrogens (tertiary/aromatic N) is 1. The molecule has 0 radical (unpaired) electrons. The zero-order valence-electron chi connectivity index (χ0n) is 12.3. The molecule has 112 valence electrons. The predicted octanol–water partition coefficient (Wildman–Crippen LogP) is 4.20. The van der Waals surface area contributed by atoms with E-state index >= 15 is 0 Å². The summed E-state index contributed by atoms with van der Waals surface area (Å²) in [6.45, 7) is 6.70. The van der Waals surface area contributed by atoms with Gasteiger partial charge in [0.05, 0.1) is 6.04 Å². The Balaban J connectivity index is 2.00. The van der Waals surface area contributed by atoms with Crippen molar-refractivity contribution in [3.05, 3.63) is 56.2 Å². The molecule has 2 aromatic rings. The number of halogens is 1. The van der Waals surface area contributed by atoms with Crippen LogP contribution < -0.4 is 5.32 Å². The lowest BCUT2D eigenvalue weighted by Crippen LogP contribution is -2.32. The van der Waals surface area contributed by atoms with Gasteiger partial charge in [-0.2, -0.15) is 0 Å². The second-order valence-corrected chi connectivity index (χ2v) is 7.43. The summed E-state index contributed by atoms with van der Waals surface area (Å²) < 4.78 is 1.16. The Morgan fingerprint density at radius 1 is 1.24 bits per heavy atom. The lowest BCUT2D eigenvalue weighted by atomic mass is 10.0. The van der Waals surface area contributed by atoms with Crippen LogP contribution in [-0.2, 0) is 0 Å². The first kappa shape index (κ1) is 15.2. The molecule has 0 saturated carbocycles. The van der Waals surface area contributed by atoms with Crippen LogP contribution in [0.1, 0.15) is 28.5 Å². The van der Waals surface area contributed by atoms with Gasteiger partial charge in [-0.25, -0.2) is 0 Å². The highest BCUT2D eigenvalue weighted by Crippen LogP contribution is 2.35. The quantitative estimate of drug-likeness (QED) is 0.877. The summed E-state index contributed by atoms with van der Waals surface area (Å²) in [4.78, 5) is 4.11. The topological polar surface area (TPSA) is 15.3 Å². The summed E-state index contributed by atoms with van der Waals surface area (Å²) in [5.74, 6) is 0. The maximum atomic E-state index is 3.62. The standard InChI is InChI=1S/C17H21BrN2S/c1-13-6-11-21-17(13)16(14-4-2-5-15(18)12-14)20-9-3-7-19-8-10-20/h2,4-6,11-12,16,19H,3,7-10H2,1H3. The number of hydrogen-bond donors (Lipinski definition) is 1. The molecule has 1 aliphatic rings. The van der Waals surface area contributed by atoms with Crippen LogP contribution in [0.3, 0.4) is 0 Å². The van der Waals surface area contributed by atoms with Gasteiger partial charge >= 0.3 is 0 Å². The molecule has 3 rings (SSSR count). The van der Waals surface area contributed by atoms with E-state index in [9.17, 15) is 0 Å². The third-order valence-corrected chi connectivity index (χ3v) is 5.62. The number of thiophene rings is 1. The fourth-order valence-electron chi connectivity index (χ4n) is 2.99. The molecule has 2 heterocycles. The fourth-order valence-corrected chi connectivity index (χ4v) is 4.50. The van der Waals surface area contributed by atoms with Crippen molar-refractivity contribution in [2.24, 2.45) is 0 Å². The number of nitrogens with one attached hydrogen (secondary N) is 1. The molecule has 1 unspecified atom stereocenters. The van der Waals surface area contributed by atoms with Gasteiger partial charge < -0.3 is 5.32 Å². The van der Waals surface area contributed by atoms with E-state index < -0.39 is 0 Å². The molecule has 1 aromatic carbocycles. The molecule has 0 bridgehead atoms. The summed E-state index contributed by atoms with van der Waals surface area (Å²) in [6, 6.07) is 11.4. The molecule has 2 nitrogen and oxygen atoms in total. The van der Waals surface area contributed by atoms with Crippen LogP contribution in [0, 0.1) is 6.92 Å². The van der Waals surface area contributed by atoms with Crippen LogP contribution in [0.4, 0.5) is 0 Å². The third kappa shape index (κ3) is 3.57. The molecule has 1 fully saturated rings. The van der Waals surface area contributed by atoms with Crippen molar-refractivity contribution in [2.75, 3.05) is 26.2 Å². The van der Waals surface area contributed by atoms with Crippen LogP contribution >= 0.6 is 27.3 Å². The first-order valence-electron chi connectivity index (χ1n) is 7.50. The van der Waals surface area contributed by atoms with Gasteiger partial charge in [0.15, 0.2) is 0 Å². The summed E-state index contributed by atoms with van der Waals surface area (Å²) in [5.41, 5.74) is 2.79. The maximum Gasteiger partial charge on any atom is 0.0699 e. The Labute approximate surface area is 139 Å². The van der Waals surface area contributed by atoms with Crippen LogP contribution in [-0.4, -0.2) is 31.1 Å². The lowest BCUT2D eigenvalue weighted by Gasteiger charge is -2.31. The molecule has 1 atom stereocenters. The van der Waals surface area contributed by atoms with Crippen molar-refractivity contribution >= 4 is 27.3 Å².